The molecule has 2 rings (SSSR count). The molecule has 0 atom stereocenters. The van der Waals surface area contributed by atoms with Crippen LogP contribution in [0.4, 0.5) is 0 Å². The molecular formula is C11H10O5S. The van der Waals surface area contributed by atoms with Crippen LogP contribution in [0.3, 0.4) is 0 Å². The molecule has 0 bridgehead atoms. The number of benzene rings is 2. The zero-order chi connectivity index (χ0) is 12.8. The van der Waals surface area contributed by atoms with E-state index in [4.69, 9.17) is 4.55 Å². The van der Waals surface area contributed by atoms with E-state index < -0.39 is 10.1 Å². The molecule has 0 radical (unpaired) electrons. The number of hydrogen-bond donors (Lipinski definition) is 3. The molecule has 3 N–H and O–H groups in total. The van der Waals surface area contributed by atoms with E-state index in [0.29, 0.717) is 10.8 Å². The zero-order valence-electron chi connectivity index (χ0n) is 8.88. The van der Waals surface area contributed by atoms with E-state index in [1.54, 1.807) is 0 Å². The van der Waals surface area contributed by atoms with Crippen molar-refractivity contribution in [2.75, 3.05) is 0 Å². The second-order valence-electron chi connectivity index (χ2n) is 3.73. The highest BCUT2D eigenvalue weighted by atomic mass is 32.2. The molecule has 0 saturated carbocycles. The lowest BCUT2D eigenvalue weighted by atomic mass is 10.1. The van der Waals surface area contributed by atoms with Crippen LogP contribution in [-0.2, 0) is 10.1 Å². The van der Waals surface area contributed by atoms with Crippen LogP contribution in [0.5, 0.6) is 11.5 Å². The molecule has 0 aromatic heterocycles. The lowest BCUT2D eigenvalue weighted by molar-refractivity contribution is 0.464. The Kier molecular flexibility index (Phi) is 2.48. The van der Waals surface area contributed by atoms with E-state index in [2.05, 4.69) is 0 Å². The fourth-order valence-corrected chi connectivity index (χ4v) is 2.47. The van der Waals surface area contributed by atoms with Crippen molar-refractivity contribution >= 4 is 20.9 Å². The molecule has 0 aliphatic heterocycles. The molecule has 0 amide bonds. The maximum atomic E-state index is 11.1. The fourth-order valence-electron chi connectivity index (χ4n) is 1.71. The van der Waals surface area contributed by atoms with Gasteiger partial charge in [-0.05, 0) is 30.5 Å². The highest BCUT2D eigenvalue weighted by molar-refractivity contribution is 7.85. The number of fused-ring (bicyclic) bond motifs is 1. The maximum Gasteiger partial charge on any atom is 0.294 e. The number of hydrogen-bond acceptors (Lipinski definition) is 4. The van der Waals surface area contributed by atoms with Gasteiger partial charge in [0, 0.05) is 10.9 Å². The quantitative estimate of drug-likeness (QED) is 0.674. The summed E-state index contributed by atoms with van der Waals surface area (Å²) in [5, 5.41) is 19.9. The summed E-state index contributed by atoms with van der Waals surface area (Å²) in [6.45, 7) is 1.38. The predicted molar refractivity (Wildman–Crippen MR) is 61.8 cm³/mol. The van der Waals surface area contributed by atoms with Gasteiger partial charge in [0.1, 0.15) is 16.4 Å². The van der Waals surface area contributed by atoms with E-state index in [0.717, 1.165) is 0 Å². The Morgan fingerprint density at radius 1 is 1.12 bits per heavy atom. The Morgan fingerprint density at radius 2 is 1.76 bits per heavy atom. The van der Waals surface area contributed by atoms with Crippen molar-refractivity contribution in [1.29, 1.82) is 0 Å². The van der Waals surface area contributed by atoms with Crippen LogP contribution >= 0.6 is 0 Å². The van der Waals surface area contributed by atoms with Gasteiger partial charge in [-0.3, -0.25) is 4.55 Å². The Balaban J connectivity index is 2.94. The van der Waals surface area contributed by atoms with Crippen molar-refractivity contribution in [2.24, 2.45) is 0 Å². The average Bonchev–Trinajstić information content (AvgIpc) is 2.22. The minimum Gasteiger partial charge on any atom is -0.508 e. The fraction of sp³-hybridized carbons (Fsp3) is 0.0909. The Hall–Kier alpha value is -1.79. The zero-order valence-corrected chi connectivity index (χ0v) is 9.69. The summed E-state index contributed by atoms with van der Waals surface area (Å²) in [5.74, 6) is -0.308. The Labute approximate surface area is 97.7 Å². The molecule has 0 aliphatic rings. The van der Waals surface area contributed by atoms with Gasteiger partial charge in [0.25, 0.3) is 10.1 Å². The summed E-state index contributed by atoms with van der Waals surface area (Å²) in [6, 6.07) is 5.40. The van der Waals surface area contributed by atoms with E-state index in [9.17, 15) is 18.6 Å². The third-order valence-corrected chi connectivity index (χ3v) is 3.56. The summed E-state index contributed by atoms with van der Waals surface area (Å²) in [6.07, 6.45) is 0. The molecule has 0 spiro atoms. The molecule has 0 heterocycles. The van der Waals surface area contributed by atoms with Crippen molar-refractivity contribution < 1.29 is 23.2 Å². The van der Waals surface area contributed by atoms with Gasteiger partial charge in [-0.25, -0.2) is 0 Å². The smallest absolute Gasteiger partial charge is 0.294 e. The van der Waals surface area contributed by atoms with Gasteiger partial charge in [-0.1, -0.05) is 6.07 Å². The maximum absolute atomic E-state index is 11.1. The van der Waals surface area contributed by atoms with Crippen LogP contribution in [-0.4, -0.2) is 23.2 Å². The van der Waals surface area contributed by atoms with Gasteiger partial charge in [-0.15, -0.1) is 0 Å². The summed E-state index contributed by atoms with van der Waals surface area (Å²) in [5.41, 5.74) is 0.0469. The second-order valence-corrected chi connectivity index (χ2v) is 5.12. The number of rotatable bonds is 1. The monoisotopic (exact) mass is 254 g/mol. The SMILES string of the molecule is Cc1c(S(=O)(=O)O)cc2ccc(O)cc2c1O. The molecule has 0 saturated heterocycles. The van der Waals surface area contributed by atoms with Crippen molar-refractivity contribution in [3.8, 4) is 11.5 Å². The van der Waals surface area contributed by atoms with Crippen molar-refractivity contribution in [1.82, 2.24) is 0 Å². The van der Waals surface area contributed by atoms with E-state index in [1.807, 2.05) is 0 Å². The molecule has 2 aromatic carbocycles. The number of aromatic hydroxyl groups is 2. The molecule has 5 nitrogen and oxygen atoms in total. The summed E-state index contributed by atoms with van der Waals surface area (Å²) in [7, 11) is -4.38. The van der Waals surface area contributed by atoms with Crippen LogP contribution in [0.1, 0.15) is 5.56 Å². The normalized spacial score (nSPS) is 11.9. The number of phenolic OH excluding ortho intramolecular Hbond substituents is 2. The Morgan fingerprint density at radius 3 is 2.35 bits per heavy atom. The predicted octanol–water partition coefficient (Wildman–Crippen LogP) is 1.81. The minimum absolute atomic E-state index is 0.0354. The first kappa shape index (κ1) is 11.7. The van der Waals surface area contributed by atoms with E-state index >= 15 is 0 Å². The second kappa shape index (κ2) is 3.61. The van der Waals surface area contributed by atoms with Crippen LogP contribution in [0, 0.1) is 6.92 Å². The van der Waals surface area contributed by atoms with E-state index in [1.165, 1.54) is 31.2 Å². The molecule has 0 unspecified atom stereocenters. The highest BCUT2D eigenvalue weighted by Gasteiger charge is 2.18. The largest absolute Gasteiger partial charge is 0.508 e. The molecule has 0 fully saturated rings. The third-order valence-electron chi connectivity index (χ3n) is 2.58. The van der Waals surface area contributed by atoms with Crippen molar-refractivity contribution in [2.45, 2.75) is 11.8 Å². The molecule has 6 heteroatoms. The third kappa shape index (κ3) is 1.92. The van der Waals surface area contributed by atoms with Gasteiger partial charge in [0.2, 0.25) is 0 Å². The summed E-state index contributed by atoms with van der Waals surface area (Å²) < 4.78 is 31.2. The van der Waals surface area contributed by atoms with Crippen LogP contribution in [0.2, 0.25) is 0 Å². The molecular weight excluding hydrogens is 244 g/mol. The first-order chi connectivity index (χ1) is 7.80. The van der Waals surface area contributed by atoms with Gasteiger partial charge >= 0.3 is 0 Å². The van der Waals surface area contributed by atoms with Gasteiger partial charge in [0.05, 0.1) is 0 Å². The molecule has 90 valence electrons. The molecule has 0 aliphatic carbocycles. The first-order valence-electron chi connectivity index (χ1n) is 4.73. The average molecular weight is 254 g/mol. The lowest BCUT2D eigenvalue weighted by Crippen LogP contribution is -2.01. The summed E-state index contributed by atoms with van der Waals surface area (Å²) in [4.78, 5) is -0.340. The van der Waals surface area contributed by atoms with Crippen LogP contribution < -0.4 is 0 Å². The Bertz CT molecular complexity index is 703. The lowest BCUT2D eigenvalue weighted by Gasteiger charge is -2.09. The van der Waals surface area contributed by atoms with Gasteiger partial charge in [-0.2, -0.15) is 8.42 Å². The van der Waals surface area contributed by atoms with Crippen molar-refractivity contribution in [3.63, 3.8) is 0 Å². The summed E-state index contributed by atoms with van der Waals surface area (Å²) >= 11 is 0. The minimum atomic E-state index is -4.38. The molecule has 2 aromatic rings. The van der Waals surface area contributed by atoms with Gasteiger partial charge < -0.3 is 10.2 Å². The van der Waals surface area contributed by atoms with Crippen molar-refractivity contribution in [3.05, 3.63) is 29.8 Å². The molecule has 17 heavy (non-hydrogen) atoms. The standard InChI is InChI=1S/C11H10O5S/c1-6-10(17(14,15)16)4-7-2-3-8(12)5-9(7)11(6)13/h2-5,12-13H,1H3,(H,14,15,16). The number of phenols is 2. The van der Waals surface area contributed by atoms with Gasteiger partial charge in [0.15, 0.2) is 0 Å². The van der Waals surface area contributed by atoms with Crippen LogP contribution in [0.15, 0.2) is 29.2 Å². The first-order valence-corrected chi connectivity index (χ1v) is 6.17. The van der Waals surface area contributed by atoms with Crippen LogP contribution in [0.25, 0.3) is 10.8 Å². The topological polar surface area (TPSA) is 94.8 Å². The van der Waals surface area contributed by atoms with E-state index in [-0.39, 0.29) is 22.0 Å². The highest BCUT2D eigenvalue weighted by Crippen LogP contribution is 2.35.